The quantitative estimate of drug-likeness (QED) is 0.565. The molecule has 6 nitrogen and oxygen atoms in total. The summed E-state index contributed by atoms with van der Waals surface area (Å²) in [6.45, 7) is 9.27. The van der Waals surface area contributed by atoms with Gasteiger partial charge in [0.15, 0.2) is 0 Å². The Hall–Kier alpha value is -3.28. The highest BCUT2D eigenvalue weighted by Gasteiger charge is 2.26. The Morgan fingerprint density at radius 2 is 1.83 bits per heavy atom. The lowest BCUT2D eigenvalue weighted by atomic mass is 10.0. The second-order valence-electron chi connectivity index (χ2n) is 8.57. The van der Waals surface area contributed by atoms with E-state index in [1.807, 2.05) is 62.5 Å². The second-order valence-corrected chi connectivity index (χ2v) is 8.57. The van der Waals surface area contributed by atoms with Gasteiger partial charge in [0.05, 0.1) is 0 Å². The number of carbonyl (C=O) groups excluding carboxylic acids is 2. The van der Waals surface area contributed by atoms with Gasteiger partial charge in [0.2, 0.25) is 5.91 Å². The molecular weight excluding hydrogens is 378 g/mol. The first-order valence-corrected chi connectivity index (χ1v) is 10.0. The Labute approximate surface area is 177 Å². The monoisotopic (exact) mass is 407 g/mol. The van der Waals surface area contributed by atoms with Gasteiger partial charge in [-0.1, -0.05) is 30.3 Å². The average Bonchev–Trinajstić information content (AvgIpc) is 3.06. The number of aromatic nitrogens is 1. The first-order chi connectivity index (χ1) is 14.1. The highest BCUT2D eigenvalue weighted by Crippen LogP contribution is 2.21. The molecule has 1 atom stereocenters. The summed E-state index contributed by atoms with van der Waals surface area (Å²) in [5, 5.41) is 6.73. The van der Waals surface area contributed by atoms with Crippen LogP contribution in [0.3, 0.4) is 0 Å². The standard InChI is InChI=1S/C24H29N3O3/c1-15-10-11-16(2)20(12-15)26-22(28)21(27-23(29)30-24(3,4)5)13-17-14-25-19-9-7-6-8-18(17)19/h6-12,14,21,25H,13H2,1-5H3,(H,26,28)(H,27,29). The van der Waals surface area contributed by atoms with Gasteiger partial charge in [-0.15, -0.1) is 0 Å². The number of benzene rings is 2. The van der Waals surface area contributed by atoms with Crippen molar-refractivity contribution in [1.82, 2.24) is 10.3 Å². The van der Waals surface area contributed by atoms with Crippen LogP contribution in [-0.4, -0.2) is 28.6 Å². The van der Waals surface area contributed by atoms with Crippen LogP contribution in [-0.2, 0) is 16.0 Å². The number of aryl methyl sites for hydroxylation is 2. The number of amides is 2. The van der Waals surface area contributed by atoms with Gasteiger partial charge in [-0.25, -0.2) is 4.79 Å². The van der Waals surface area contributed by atoms with Gasteiger partial charge in [0.1, 0.15) is 11.6 Å². The molecule has 3 N–H and O–H groups in total. The Kier molecular flexibility index (Phi) is 6.15. The molecule has 3 aromatic rings. The fraction of sp³-hybridized carbons (Fsp3) is 0.333. The number of anilines is 1. The van der Waals surface area contributed by atoms with Crippen molar-refractivity contribution in [1.29, 1.82) is 0 Å². The fourth-order valence-corrected chi connectivity index (χ4v) is 3.27. The average molecular weight is 408 g/mol. The van der Waals surface area contributed by atoms with E-state index in [4.69, 9.17) is 4.74 Å². The van der Waals surface area contributed by atoms with E-state index < -0.39 is 17.7 Å². The minimum atomic E-state index is -0.793. The zero-order valence-electron chi connectivity index (χ0n) is 18.1. The number of hydrogen-bond donors (Lipinski definition) is 3. The molecule has 0 radical (unpaired) electrons. The molecule has 30 heavy (non-hydrogen) atoms. The Balaban J connectivity index is 1.85. The molecule has 158 valence electrons. The number of para-hydroxylation sites is 1. The lowest BCUT2D eigenvalue weighted by molar-refractivity contribution is -0.118. The second kappa shape index (κ2) is 8.61. The van der Waals surface area contributed by atoms with Gasteiger partial charge in [-0.2, -0.15) is 0 Å². The largest absolute Gasteiger partial charge is 0.444 e. The molecule has 0 fully saturated rings. The maximum atomic E-state index is 13.1. The molecule has 0 aliphatic heterocycles. The first-order valence-electron chi connectivity index (χ1n) is 10.0. The Morgan fingerprint density at radius 3 is 2.57 bits per heavy atom. The predicted octanol–water partition coefficient (Wildman–Crippen LogP) is 4.86. The predicted molar refractivity (Wildman–Crippen MR) is 120 cm³/mol. The smallest absolute Gasteiger partial charge is 0.408 e. The Bertz CT molecular complexity index is 1060. The number of alkyl carbamates (subject to hydrolysis) is 1. The van der Waals surface area contributed by atoms with Gasteiger partial charge < -0.3 is 20.4 Å². The lowest BCUT2D eigenvalue weighted by Gasteiger charge is -2.23. The first kappa shape index (κ1) is 21.4. The molecule has 0 bridgehead atoms. The van der Waals surface area contributed by atoms with Crippen molar-refractivity contribution in [2.45, 2.75) is 52.7 Å². The highest BCUT2D eigenvalue weighted by molar-refractivity contribution is 5.98. The van der Waals surface area contributed by atoms with E-state index >= 15 is 0 Å². The molecule has 1 unspecified atom stereocenters. The summed E-state index contributed by atoms with van der Waals surface area (Å²) in [5.41, 5.74) is 4.01. The molecule has 1 heterocycles. The van der Waals surface area contributed by atoms with Gasteiger partial charge >= 0.3 is 6.09 Å². The summed E-state index contributed by atoms with van der Waals surface area (Å²) in [5.74, 6) is -0.292. The maximum Gasteiger partial charge on any atom is 0.408 e. The van der Waals surface area contributed by atoms with Crippen LogP contribution >= 0.6 is 0 Å². The third-order valence-electron chi connectivity index (χ3n) is 4.76. The number of hydrogen-bond acceptors (Lipinski definition) is 3. The SMILES string of the molecule is Cc1ccc(C)c(NC(=O)C(Cc2c[nH]c3ccccc23)NC(=O)OC(C)(C)C)c1. The third-order valence-corrected chi connectivity index (χ3v) is 4.76. The van der Waals surface area contributed by atoms with Crippen LogP contribution in [0.15, 0.2) is 48.7 Å². The maximum absolute atomic E-state index is 13.1. The molecular formula is C24H29N3O3. The van der Waals surface area contributed by atoms with Crippen LogP contribution in [0.5, 0.6) is 0 Å². The van der Waals surface area contributed by atoms with E-state index in [-0.39, 0.29) is 5.91 Å². The number of aromatic amines is 1. The van der Waals surface area contributed by atoms with Gasteiger partial charge in [-0.05, 0) is 63.4 Å². The van der Waals surface area contributed by atoms with Gasteiger partial charge in [0.25, 0.3) is 0 Å². The number of nitrogens with one attached hydrogen (secondary N) is 3. The molecule has 6 heteroatoms. The summed E-state index contributed by atoms with van der Waals surface area (Å²) in [6, 6.07) is 13.0. The van der Waals surface area contributed by atoms with E-state index in [2.05, 4.69) is 15.6 Å². The number of ether oxygens (including phenoxy) is 1. The molecule has 0 aliphatic rings. The minimum absolute atomic E-state index is 0.292. The van der Waals surface area contributed by atoms with Gasteiger partial charge in [0, 0.05) is 29.2 Å². The molecule has 0 saturated carbocycles. The summed E-state index contributed by atoms with van der Waals surface area (Å²) in [7, 11) is 0. The van der Waals surface area contributed by atoms with Crippen LogP contribution in [0.1, 0.15) is 37.5 Å². The number of fused-ring (bicyclic) bond motifs is 1. The van der Waals surface area contributed by atoms with Crippen molar-refractivity contribution in [3.63, 3.8) is 0 Å². The van der Waals surface area contributed by atoms with Crippen molar-refractivity contribution in [3.05, 3.63) is 65.4 Å². The minimum Gasteiger partial charge on any atom is -0.444 e. The van der Waals surface area contributed by atoms with Crippen LogP contribution in [0.2, 0.25) is 0 Å². The summed E-state index contributed by atoms with van der Waals surface area (Å²) >= 11 is 0. The number of carbonyl (C=O) groups is 2. The molecule has 1 aromatic heterocycles. The van der Waals surface area contributed by atoms with Crippen molar-refractivity contribution in [3.8, 4) is 0 Å². The van der Waals surface area contributed by atoms with Crippen molar-refractivity contribution in [2.24, 2.45) is 0 Å². The van der Waals surface area contributed by atoms with Gasteiger partial charge in [-0.3, -0.25) is 4.79 Å². The molecule has 2 aromatic carbocycles. The van der Waals surface area contributed by atoms with Crippen LogP contribution < -0.4 is 10.6 Å². The van der Waals surface area contributed by atoms with E-state index in [1.54, 1.807) is 20.8 Å². The molecule has 3 rings (SSSR count). The summed E-state index contributed by atoms with van der Waals surface area (Å²) in [4.78, 5) is 28.8. The topological polar surface area (TPSA) is 83.2 Å². The van der Waals surface area contributed by atoms with Crippen molar-refractivity contribution >= 4 is 28.6 Å². The van der Waals surface area contributed by atoms with E-state index in [1.165, 1.54) is 0 Å². The number of rotatable bonds is 5. The lowest BCUT2D eigenvalue weighted by Crippen LogP contribution is -2.47. The number of H-pyrrole nitrogens is 1. The molecule has 2 amide bonds. The molecule has 0 saturated heterocycles. The Morgan fingerprint density at radius 1 is 1.10 bits per heavy atom. The molecule has 0 aliphatic carbocycles. The van der Waals surface area contributed by atoms with Crippen molar-refractivity contribution < 1.29 is 14.3 Å². The van der Waals surface area contributed by atoms with E-state index in [9.17, 15) is 9.59 Å². The highest BCUT2D eigenvalue weighted by atomic mass is 16.6. The fourth-order valence-electron chi connectivity index (χ4n) is 3.27. The van der Waals surface area contributed by atoms with Crippen LogP contribution in [0.25, 0.3) is 10.9 Å². The summed E-state index contributed by atoms with van der Waals surface area (Å²) in [6.07, 6.45) is 1.59. The van der Waals surface area contributed by atoms with E-state index in [0.29, 0.717) is 6.42 Å². The van der Waals surface area contributed by atoms with Crippen LogP contribution in [0, 0.1) is 13.8 Å². The van der Waals surface area contributed by atoms with Crippen LogP contribution in [0.4, 0.5) is 10.5 Å². The normalized spacial score (nSPS) is 12.4. The summed E-state index contributed by atoms with van der Waals surface area (Å²) < 4.78 is 5.38. The van der Waals surface area contributed by atoms with Crippen molar-refractivity contribution in [2.75, 3.05) is 5.32 Å². The zero-order chi connectivity index (χ0) is 21.9. The zero-order valence-corrected chi connectivity index (χ0v) is 18.1. The third kappa shape index (κ3) is 5.41. The molecule has 0 spiro atoms. The van der Waals surface area contributed by atoms with E-state index in [0.717, 1.165) is 33.3 Å².